The Morgan fingerprint density at radius 2 is 2.17 bits per heavy atom. The molecular formula is C20H24ClN7OS. The fourth-order valence-corrected chi connectivity index (χ4v) is 5.61. The van der Waals surface area contributed by atoms with Gasteiger partial charge in [-0.1, -0.05) is 29.5 Å². The van der Waals surface area contributed by atoms with Crippen molar-refractivity contribution < 1.29 is 5.11 Å². The maximum atomic E-state index is 9.26. The Morgan fingerprint density at radius 3 is 3.07 bits per heavy atom. The lowest BCUT2D eigenvalue weighted by atomic mass is 9.82. The van der Waals surface area contributed by atoms with Gasteiger partial charge in [0.1, 0.15) is 10.8 Å². The molecule has 0 bridgehead atoms. The van der Waals surface area contributed by atoms with Crippen molar-refractivity contribution in [2.75, 3.05) is 18.5 Å². The van der Waals surface area contributed by atoms with Gasteiger partial charge in [0.05, 0.1) is 12.0 Å². The summed E-state index contributed by atoms with van der Waals surface area (Å²) >= 11 is 8.30. The van der Waals surface area contributed by atoms with Crippen LogP contribution in [0.1, 0.15) is 12.8 Å². The predicted molar refractivity (Wildman–Crippen MR) is 118 cm³/mol. The molecule has 1 aliphatic carbocycles. The van der Waals surface area contributed by atoms with Gasteiger partial charge in [-0.3, -0.25) is 10.9 Å². The Hall–Kier alpha value is -2.04. The third-order valence-corrected chi connectivity index (χ3v) is 7.41. The lowest BCUT2D eigenvalue weighted by Gasteiger charge is -2.35. The molecule has 30 heavy (non-hydrogen) atoms. The lowest BCUT2D eigenvalue weighted by molar-refractivity contribution is 0.276. The molecule has 4 unspecified atom stereocenters. The van der Waals surface area contributed by atoms with Crippen molar-refractivity contribution in [2.24, 2.45) is 5.92 Å². The van der Waals surface area contributed by atoms with Crippen molar-refractivity contribution in [3.05, 3.63) is 36.7 Å². The largest absolute Gasteiger partial charge is 0.395 e. The second kappa shape index (κ2) is 8.60. The van der Waals surface area contributed by atoms with Gasteiger partial charge in [0, 0.05) is 54.6 Å². The van der Waals surface area contributed by atoms with Crippen molar-refractivity contribution in [2.45, 2.75) is 36.8 Å². The van der Waals surface area contributed by atoms with Crippen LogP contribution in [0.3, 0.4) is 0 Å². The molecule has 2 aromatic heterocycles. The van der Waals surface area contributed by atoms with Crippen LogP contribution in [0.5, 0.6) is 0 Å². The molecule has 0 spiro atoms. The summed E-state index contributed by atoms with van der Waals surface area (Å²) in [6.07, 6.45) is 5.71. The molecule has 1 saturated carbocycles. The Morgan fingerprint density at radius 1 is 1.27 bits per heavy atom. The van der Waals surface area contributed by atoms with Gasteiger partial charge in [0.25, 0.3) is 0 Å². The van der Waals surface area contributed by atoms with Crippen LogP contribution in [0.2, 0.25) is 0 Å². The van der Waals surface area contributed by atoms with E-state index in [9.17, 15) is 5.11 Å². The number of imidazole rings is 1. The molecule has 3 aromatic rings. The van der Waals surface area contributed by atoms with Crippen molar-refractivity contribution in [1.29, 1.82) is 0 Å². The van der Waals surface area contributed by atoms with Gasteiger partial charge in [0.2, 0.25) is 5.13 Å². The molecular weight excluding hydrogens is 422 g/mol. The van der Waals surface area contributed by atoms with E-state index < -0.39 is 0 Å². The Balaban J connectivity index is 1.33. The van der Waals surface area contributed by atoms with E-state index in [2.05, 4.69) is 37.4 Å². The molecule has 4 N–H and O–H groups in total. The van der Waals surface area contributed by atoms with Crippen LogP contribution in [0.15, 0.2) is 36.7 Å². The Kier molecular flexibility index (Phi) is 5.70. The number of rotatable bonds is 6. The highest BCUT2D eigenvalue weighted by Gasteiger charge is 2.41. The first-order valence-electron chi connectivity index (χ1n) is 10.2. The predicted octanol–water partition coefficient (Wildman–Crippen LogP) is 2.34. The van der Waals surface area contributed by atoms with Crippen molar-refractivity contribution in [3.63, 3.8) is 0 Å². The van der Waals surface area contributed by atoms with Gasteiger partial charge in [0.15, 0.2) is 0 Å². The summed E-state index contributed by atoms with van der Waals surface area (Å²) in [5.41, 5.74) is 8.52. The van der Waals surface area contributed by atoms with Gasteiger partial charge in [-0.25, -0.2) is 4.98 Å². The minimum Gasteiger partial charge on any atom is -0.395 e. The third kappa shape index (κ3) is 3.83. The number of nitrogens with zero attached hydrogens (tertiary/aromatic N) is 4. The molecule has 2 aliphatic rings. The van der Waals surface area contributed by atoms with Gasteiger partial charge in [-0.15, -0.1) is 21.8 Å². The molecule has 2 fully saturated rings. The molecule has 5 rings (SSSR count). The van der Waals surface area contributed by atoms with E-state index in [1.54, 1.807) is 6.20 Å². The fraction of sp³-hybridized carbons (Fsp3) is 0.450. The number of anilines is 1. The molecule has 158 valence electrons. The maximum Gasteiger partial charge on any atom is 0.206 e. The highest BCUT2D eigenvalue weighted by atomic mass is 35.5. The standard InChI is InChI=1S/C20H24ClN7OS/c21-17-14-11-23-25-15(14)4-5-16(17)24-20-27-26-19(30-20)13-3-1-2-12(10-13)18-22-6-7-28(18)8-9-29/h1-3,6-7,10,14-17,23,25,29H,4-5,8-9,11H2,(H,24,27). The van der Waals surface area contributed by atoms with Gasteiger partial charge >= 0.3 is 0 Å². The normalized spacial score (nSPS) is 25.9. The molecule has 0 radical (unpaired) electrons. The molecule has 3 heterocycles. The highest BCUT2D eigenvalue weighted by molar-refractivity contribution is 7.18. The second-order valence-electron chi connectivity index (χ2n) is 7.73. The minimum atomic E-state index is 0.0484. The number of halogens is 1. The first-order chi connectivity index (χ1) is 14.7. The summed E-state index contributed by atoms with van der Waals surface area (Å²) in [5.74, 6) is 1.25. The lowest BCUT2D eigenvalue weighted by Crippen LogP contribution is -2.47. The molecule has 1 aromatic carbocycles. The van der Waals surface area contributed by atoms with Crippen molar-refractivity contribution in [3.8, 4) is 22.0 Å². The number of benzene rings is 1. The van der Waals surface area contributed by atoms with Crippen LogP contribution >= 0.6 is 22.9 Å². The van der Waals surface area contributed by atoms with Gasteiger partial charge in [-0.05, 0) is 18.9 Å². The number of nitrogens with one attached hydrogen (secondary N) is 3. The van der Waals surface area contributed by atoms with E-state index in [4.69, 9.17) is 11.6 Å². The van der Waals surface area contributed by atoms with Crippen LogP contribution in [0.25, 0.3) is 22.0 Å². The van der Waals surface area contributed by atoms with Crippen LogP contribution in [0, 0.1) is 5.92 Å². The van der Waals surface area contributed by atoms with Crippen molar-refractivity contribution in [1.82, 2.24) is 30.6 Å². The molecule has 8 nitrogen and oxygen atoms in total. The van der Waals surface area contributed by atoms with E-state index in [0.717, 1.165) is 46.5 Å². The summed E-state index contributed by atoms with van der Waals surface area (Å²) in [6, 6.07) is 8.74. The number of hydrogen-bond donors (Lipinski definition) is 4. The first-order valence-corrected chi connectivity index (χ1v) is 11.4. The van der Waals surface area contributed by atoms with Crippen LogP contribution in [-0.4, -0.2) is 55.5 Å². The van der Waals surface area contributed by atoms with Gasteiger partial charge in [-0.2, -0.15) is 0 Å². The average Bonchev–Trinajstić information content (AvgIpc) is 3.51. The van der Waals surface area contributed by atoms with E-state index >= 15 is 0 Å². The minimum absolute atomic E-state index is 0.0484. The molecule has 1 saturated heterocycles. The maximum absolute atomic E-state index is 9.26. The van der Waals surface area contributed by atoms with Crippen LogP contribution in [0.4, 0.5) is 5.13 Å². The zero-order valence-electron chi connectivity index (χ0n) is 16.3. The number of alkyl halides is 1. The van der Waals surface area contributed by atoms with E-state index in [1.807, 2.05) is 29.0 Å². The van der Waals surface area contributed by atoms with E-state index in [-0.39, 0.29) is 18.0 Å². The van der Waals surface area contributed by atoms with Crippen molar-refractivity contribution >= 4 is 28.1 Å². The summed E-state index contributed by atoms with van der Waals surface area (Å²) in [5, 5.41) is 23.2. The number of aliphatic hydroxyl groups excluding tert-OH is 1. The van der Waals surface area contributed by atoms with Gasteiger partial charge < -0.3 is 15.0 Å². The summed E-state index contributed by atoms with van der Waals surface area (Å²) in [7, 11) is 0. The summed E-state index contributed by atoms with van der Waals surface area (Å²) in [6.45, 7) is 1.49. The SMILES string of the molecule is OCCn1ccnc1-c1cccc(-c2nnc(NC3CCC4NNCC4C3Cl)s2)c1. The quantitative estimate of drug-likeness (QED) is 0.432. The van der Waals surface area contributed by atoms with Crippen LogP contribution in [-0.2, 0) is 6.54 Å². The zero-order valence-corrected chi connectivity index (χ0v) is 17.9. The number of hydrazine groups is 1. The third-order valence-electron chi connectivity index (χ3n) is 5.88. The molecule has 1 aliphatic heterocycles. The van der Waals surface area contributed by atoms with Crippen LogP contribution < -0.4 is 16.2 Å². The topological polar surface area (TPSA) is 99.9 Å². The van der Waals surface area contributed by atoms with E-state index in [0.29, 0.717) is 18.5 Å². The number of aliphatic hydroxyl groups is 1. The fourth-order valence-electron chi connectivity index (χ4n) is 4.35. The summed E-state index contributed by atoms with van der Waals surface area (Å²) < 4.78 is 1.94. The smallest absolute Gasteiger partial charge is 0.206 e. The molecule has 10 heteroatoms. The highest BCUT2D eigenvalue weighted by Crippen LogP contribution is 2.35. The first kappa shape index (κ1) is 19.9. The van der Waals surface area contributed by atoms with E-state index in [1.165, 1.54) is 11.3 Å². The Labute approximate surface area is 183 Å². The monoisotopic (exact) mass is 445 g/mol. The second-order valence-corrected chi connectivity index (χ2v) is 9.21. The molecule has 0 amide bonds. The summed E-state index contributed by atoms with van der Waals surface area (Å²) in [4.78, 5) is 4.44. The Bertz CT molecular complexity index is 1010. The average molecular weight is 446 g/mol. The number of hydrogen-bond acceptors (Lipinski definition) is 8. The number of fused-ring (bicyclic) bond motifs is 1. The number of aromatic nitrogens is 4. The zero-order chi connectivity index (χ0) is 20.5. The molecule has 4 atom stereocenters.